The van der Waals surface area contributed by atoms with Crippen molar-refractivity contribution in [2.45, 2.75) is 44.7 Å². The van der Waals surface area contributed by atoms with Crippen molar-refractivity contribution in [3.05, 3.63) is 123 Å². The number of nitrogens with zero attached hydrogens (tertiary/aromatic N) is 2. The summed E-state index contributed by atoms with van der Waals surface area (Å²) in [6.45, 7) is 5.49. The van der Waals surface area contributed by atoms with Crippen LogP contribution in [0.5, 0.6) is 5.75 Å². The standard InChI is InChI=1S/C36H38Cl3N3O5S/c1-24(2)21-40-36(44)33(19-26-8-6-5-7-9-26)41(22-27-12-16-30(37)31(38)18-27)35(43)23-42(28-13-17-34(47-4)32(39)20-28)48(45,46)29-14-10-25(3)11-15-29/h5-18,20,24,33H,19,21-23H2,1-4H3,(H,40,44). The molecule has 0 saturated heterocycles. The maximum atomic E-state index is 14.6. The quantitative estimate of drug-likeness (QED) is 0.144. The van der Waals surface area contributed by atoms with Gasteiger partial charge in [0.2, 0.25) is 11.8 Å². The van der Waals surface area contributed by atoms with Gasteiger partial charge < -0.3 is 15.0 Å². The fraction of sp³-hybridized carbons (Fsp3) is 0.278. The van der Waals surface area contributed by atoms with Gasteiger partial charge in [0.15, 0.2) is 0 Å². The number of hydrogen-bond donors (Lipinski definition) is 1. The van der Waals surface area contributed by atoms with Crippen LogP contribution in [0.25, 0.3) is 0 Å². The molecule has 0 radical (unpaired) electrons. The van der Waals surface area contributed by atoms with Gasteiger partial charge >= 0.3 is 0 Å². The van der Waals surface area contributed by atoms with Gasteiger partial charge in [-0.25, -0.2) is 8.42 Å². The fourth-order valence-corrected chi connectivity index (χ4v) is 6.97. The Bertz CT molecular complexity index is 1840. The lowest BCUT2D eigenvalue weighted by Gasteiger charge is -2.34. The molecule has 4 rings (SSSR count). The summed E-state index contributed by atoms with van der Waals surface area (Å²) in [5, 5.41) is 3.74. The summed E-state index contributed by atoms with van der Waals surface area (Å²) in [7, 11) is -2.85. The molecule has 0 bridgehead atoms. The number of aryl methyl sites for hydroxylation is 1. The molecule has 2 amide bonds. The van der Waals surface area contributed by atoms with Gasteiger partial charge in [-0.2, -0.15) is 0 Å². The average Bonchev–Trinajstić information content (AvgIpc) is 3.06. The Morgan fingerprint density at radius 2 is 1.52 bits per heavy atom. The number of sulfonamides is 1. The Morgan fingerprint density at radius 1 is 0.833 bits per heavy atom. The van der Waals surface area contributed by atoms with Crippen LogP contribution in [0.1, 0.15) is 30.5 Å². The predicted octanol–water partition coefficient (Wildman–Crippen LogP) is 7.57. The Morgan fingerprint density at radius 3 is 2.12 bits per heavy atom. The number of anilines is 1. The van der Waals surface area contributed by atoms with E-state index in [1.54, 1.807) is 30.3 Å². The Labute approximate surface area is 297 Å². The first-order valence-corrected chi connectivity index (χ1v) is 17.9. The van der Waals surface area contributed by atoms with Crippen LogP contribution in [0.3, 0.4) is 0 Å². The first kappa shape index (κ1) is 37.1. The number of rotatable bonds is 14. The van der Waals surface area contributed by atoms with E-state index in [4.69, 9.17) is 39.5 Å². The van der Waals surface area contributed by atoms with Crippen molar-refractivity contribution in [3.63, 3.8) is 0 Å². The summed E-state index contributed by atoms with van der Waals surface area (Å²) in [6, 6.07) is 24.1. The lowest BCUT2D eigenvalue weighted by molar-refractivity contribution is -0.140. The molecule has 4 aromatic rings. The van der Waals surface area contributed by atoms with Crippen molar-refractivity contribution < 1.29 is 22.7 Å². The number of methoxy groups -OCH3 is 1. The monoisotopic (exact) mass is 729 g/mol. The van der Waals surface area contributed by atoms with Crippen LogP contribution in [0.2, 0.25) is 15.1 Å². The average molecular weight is 731 g/mol. The normalized spacial score (nSPS) is 12.0. The molecular weight excluding hydrogens is 693 g/mol. The molecule has 1 N–H and O–H groups in total. The van der Waals surface area contributed by atoms with E-state index in [0.29, 0.717) is 22.9 Å². The van der Waals surface area contributed by atoms with Crippen LogP contribution in [-0.4, -0.2) is 51.4 Å². The molecule has 12 heteroatoms. The maximum absolute atomic E-state index is 14.6. The van der Waals surface area contributed by atoms with Crippen molar-refractivity contribution in [2.75, 3.05) is 24.5 Å². The number of carbonyl (C=O) groups is 2. The van der Waals surface area contributed by atoms with Gasteiger partial charge in [-0.1, -0.05) is 103 Å². The van der Waals surface area contributed by atoms with E-state index in [2.05, 4.69) is 5.32 Å². The second kappa shape index (κ2) is 16.6. The van der Waals surface area contributed by atoms with Crippen LogP contribution in [-0.2, 0) is 32.6 Å². The Kier molecular flexibility index (Phi) is 12.8. The summed E-state index contributed by atoms with van der Waals surface area (Å²) in [5.74, 6) is -0.503. The number of amides is 2. The van der Waals surface area contributed by atoms with E-state index in [1.165, 1.54) is 42.3 Å². The molecule has 0 heterocycles. The number of ether oxygens (including phenoxy) is 1. The van der Waals surface area contributed by atoms with E-state index in [1.807, 2.05) is 51.1 Å². The minimum Gasteiger partial charge on any atom is -0.495 e. The summed E-state index contributed by atoms with van der Waals surface area (Å²) in [5.41, 5.74) is 2.44. The molecule has 0 aromatic heterocycles. The van der Waals surface area contributed by atoms with E-state index in [-0.39, 0.29) is 45.4 Å². The summed E-state index contributed by atoms with van der Waals surface area (Å²) in [4.78, 5) is 29.9. The van der Waals surface area contributed by atoms with Gasteiger partial charge in [0.25, 0.3) is 10.0 Å². The molecule has 0 saturated carbocycles. The van der Waals surface area contributed by atoms with Gasteiger partial charge in [0.1, 0.15) is 18.3 Å². The van der Waals surface area contributed by atoms with Crippen LogP contribution >= 0.6 is 34.8 Å². The molecule has 4 aromatic carbocycles. The number of hydrogen-bond acceptors (Lipinski definition) is 5. The molecule has 0 aliphatic rings. The van der Waals surface area contributed by atoms with Crippen molar-refractivity contribution in [1.29, 1.82) is 0 Å². The lowest BCUT2D eigenvalue weighted by Crippen LogP contribution is -2.53. The second-order valence-electron chi connectivity index (χ2n) is 11.8. The fourth-order valence-electron chi connectivity index (χ4n) is 4.99. The minimum atomic E-state index is -4.30. The highest BCUT2D eigenvalue weighted by Crippen LogP contribution is 2.33. The third kappa shape index (κ3) is 9.44. The zero-order chi connectivity index (χ0) is 35.0. The van der Waals surface area contributed by atoms with Crippen molar-refractivity contribution in [2.24, 2.45) is 5.92 Å². The molecule has 1 atom stereocenters. The van der Waals surface area contributed by atoms with E-state index < -0.39 is 28.5 Å². The number of carbonyl (C=O) groups excluding carboxylic acids is 2. The summed E-state index contributed by atoms with van der Waals surface area (Å²) < 4.78 is 34.8. The number of nitrogens with one attached hydrogen (secondary N) is 1. The van der Waals surface area contributed by atoms with Gasteiger partial charge in [0, 0.05) is 19.5 Å². The maximum Gasteiger partial charge on any atom is 0.264 e. The molecule has 1 unspecified atom stereocenters. The SMILES string of the molecule is COc1ccc(N(CC(=O)N(Cc2ccc(Cl)c(Cl)c2)C(Cc2ccccc2)C(=O)NCC(C)C)S(=O)(=O)c2ccc(C)cc2)cc1Cl. The van der Waals surface area contributed by atoms with Crippen molar-refractivity contribution in [1.82, 2.24) is 10.2 Å². The zero-order valence-corrected chi connectivity index (χ0v) is 30.2. The Balaban J connectivity index is 1.84. The van der Waals surface area contributed by atoms with Gasteiger partial charge in [0.05, 0.1) is 32.8 Å². The van der Waals surface area contributed by atoms with Crippen LogP contribution in [0.4, 0.5) is 5.69 Å². The summed E-state index contributed by atoms with van der Waals surface area (Å²) in [6.07, 6.45) is 0.177. The summed E-state index contributed by atoms with van der Waals surface area (Å²) >= 11 is 19.0. The van der Waals surface area contributed by atoms with E-state index >= 15 is 0 Å². The Hall–Kier alpha value is -3.76. The molecule has 48 heavy (non-hydrogen) atoms. The third-order valence-electron chi connectivity index (χ3n) is 7.60. The van der Waals surface area contributed by atoms with Gasteiger partial charge in [-0.05, 0) is 66.4 Å². The number of benzene rings is 4. The number of halogens is 3. The molecule has 0 spiro atoms. The van der Waals surface area contributed by atoms with Crippen molar-refractivity contribution >= 4 is 62.3 Å². The smallest absolute Gasteiger partial charge is 0.264 e. The highest BCUT2D eigenvalue weighted by molar-refractivity contribution is 7.92. The van der Waals surface area contributed by atoms with Crippen LogP contribution < -0.4 is 14.4 Å². The predicted molar refractivity (Wildman–Crippen MR) is 193 cm³/mol. The van der Waals surface area contributed by atoms with Crippen LogP contribution in [0, 0.1) is 12.8 Å². The van der Waals surface area contributed by atoms with Crippen molar-refractivity contribution in [3.8, 4) is 5.75 Å². The van der Waals surface area contributed by atoms with E-state index in [9.17, 15) is 18.0 Å². The lowest BCUT2D eigenvalue weighted by atomic mass is 10.0. The molecule has 0 fully saturated rings. The third-order valence-corrected chi connectivity index (χ3v) is 10.4. The van der Waals surface area contributed by atoms with E-state index in [0.717, 1.165) is 15.4 Å². The van der Waals surface area contributed by atoms with Crippen LogP contribution in [0.15, 0.2) is 95.9 Å². The minimum absolute atomic E-state index is 0.0145. The second-order valence-corrected chi connectivity index (χ2v) is 14.8. The molecule has 0 aliphatic carbocycles. The topological polar surface area (TPSA) is 96.0 Å². The molecule has 8 nitrogen and oxygen atoms in total. The molecular formula is C36H38Cl3N3O5S. The van der Waals surface area contributed by atoms with Gasteiger partial charge in [-0.3, -0.25) is 13.9 Å². The first-order valence-electron chi connectivity index (χ1n) is 15.3. The zero-order valence-electron chi connectivity index (χ0n) is 27.1. The highest BCUT2D eigenvalue weighted by atomic mass is 35.5. The van der Waals surface area contributed by atoms with Gasteiger partial charge in [-0.15, -0.1) is 0 Å². The largest absolute Gasteiger partial charge is 0.495 e. The highest BCUT2D eigenvalue weighted by Gasteiger charge is 2.35. The molecule has 0 aliphatic heterocycles. The first-order chi connectivity index (χ1) is 22.8. The molecule has 254 valence electrons.